The molecule has 0 aromatic heterocycles. The topological polar surface area (TPSA) is 122 Å². The Morgan fingerprint density at radius 3 is 2.50 bits per heavy atom. The Bertz CT molecular complexity index is 1030. The van der Waals surface area contributed by atoms with Crippen molar-refractivity contribution in [3.8, 4) is 17.2 Å². The zero-order chi connectivity index (χ0) is 22.4. The summed E-state index contributed by atoms with van der Waals surface area (Å²) in [6.07, 6.45) is 1.89. The highest BCUT2D eigenvalue weighted by Gasteiger charge is 2.56. The van der Waals surface area contributed by atoms with E-state index in [0.717, 1.165) is 0 Å². The first-order valence-electron chi connectivity index (χ1n) is 9.60. The highest BCUT2D eigenvalue weighted by Crippen LogP contribution is 2.57. The lowest BCUT2D eigenvalue weighted by atomic mass is 9.70. The summed E-state index contributed by atoms with van der Waals surface area (Å²) in [6.45, 7) is 6.92. The van der Waals surface area contributed by atoms with E-state index in [1.165, 1.54) is 26.8 Å². The highest BCUT2D eigenvalue weighted by molar-refractivity contribution is 6.31. The number of rotatable bonds is 6. The Kier molecular flexibility index (Phi) is 5.47. The van der Waals surface area contributed by atoms with E-state index in [-0.39, 0.29) is 39.5 Å². The van der Waals surface area contributed by atoms with E-state index in [0.29, 0.717) is 25.3 Å². The maximum Gasteiger partial charge on any atom is 0.194 e. The third-order valence-electron chi connectivity index (χ3n) is 5.68. The maximum absolute atomic E-state index is 13.5. The molecular weight excluding hydrogens is 390 g/mol. The lowest BCUT2D eigenvalue weighted by molar-refractivity contribution is -0.123. The molecule has 8 nitrogen and oxygen atoms in total. The fraction of sp³-hybridized carbons (Fsp3) is 0.409. The Morgan fingerprint density at radius 2 is 1.90 bits per heavy atom. The zero-order valence-electron chi connectivity index (χ0n) is 17.6. The summed E-state index contributed by atoms with van der Waals surface area (Å²) in [4.78, 5) is 38.4. The van der Waals surface area contributed by atoms with Crippen LogP contribution < -0.4 is 10.1 Å². The molecule has 3 rings (SSSR count). The summed E-state index contributed by atoms with van der Waals surface area (Å²) in [6, 6.07) is 0. The third kappa shape index (κ3) is 2.99. The minimum Gasteiger partial charge on any atom is -0.507 e. The summed E-state index contributed by atoms with van der Waals surface area (Å²) in [5.41, 5.74) is -1.11. The predicted molar refractivity (Wildman–Crippen MR) is 108 cm³/mol. The lowest BCUT2D eigenvalue weighted by Crippen LogP contribution is -2.41. The van der Waals surface area contributed by atoms with Gasteiger partial charge in [0.25, 0.3) is 0 Å². The fourth-order valence-corrected chi connectivity index (χ4v) is 3.94. The van der Waals surface area contributed by atoms with Crippen LogP contribution in [-0.4, -0.2) is 47.8 Å². The van der Waals surface area contributed by atoms with Gasteiger partial charge in [-0.1, -0.05) is 0 Å². The largest absolute Gasteiger partial charge is 0.507 e. The second-order valence-corrected chi connectivity index (χ2v) is 7.66. The van der Waals surface area contributed by atoms with Crippen LogP contribution in [0.3, 0.4) is 0 Å². The van der Waals surface area contributed by atoms with Gasteiger partial charge >= 0.3 is 0 Å². The zero-order valence-corrected chi connectivity index (χ0v) is 17.6. The fourth-order valence-electron chi connectivity index (χ4n) is 3.94. The number of allylic oxidation sites excluding steroid dienone is 4. The van der Waals surface area contributed by atoms with Crippen LogP contribution >= 0.6 is 0 Å². The Morgan fingerprint density at radius 1 is 1.23 bits per heavy atom. The number of hydrogen-bond acceptors (Lipinski definition) is 8. The summed E-state index contributed by atoms with van der Waals surface area (Å²) in [7, 11) is 1.59. The van der Waals surface area contributed by atoms with Crippen molar-refractivity contribution in [3.05, 3.63) is 39.8 Å². The number of ketones is 3. The van der Waals surface area contributed by atoms with E-state index < -0.39 is 28.5 Å². The standard InChI is InChI=1S/C22H25NO7/c1-10-18(26)16(12(3)24)20-17(19(10)27)22(4)14(30-20)9-13(25)15(21(22)28)11(2)23-7-6-8-29-5/h9,23,26-27H,6-8H2,1-5H3. The molecule has 1 atom stereocenters. The van der Waals surface area contributed by atoms with Crippen molar-refractivity contribution in [1.29, 1.82) is 0 Å². The number of phenolic OH excluding ortho intramolecular Hbond substituents is 2. The van der Waals surface area contributed by atoms with E-state index in [9.17, 15) is 24.6 Å². The van der Waals surface area contributed by atoms with Crippen LogP contribution in [0.15, 0.2) is 23.1 Å². The van der Waals surface area contributed by atoms with Crippen molar-refractivity contribution in [3.63, 3.8) is 0 Å². The van der Waals surface area contributed by atoms with Crippen LogP contribution in [0.4, 0.5) is 0 Å². The number of nitrogens with one attached hydrogen (secondary N) is 1. The molecule has 0 spiro atoms. The van der Waals surface area contributed by atoms with E-state index in [4.69, 9.17) is 9.47 Å². The maximum atomic E-state index is 13.5. The number of aromatic hydroxyl groups is 2. The second-order valence-electron chi connectivity index (χ2n) is 7.66. The first-order chi connectivity index (χ1) is 14.1. The molecule has 0 saturated carbocycles. The number of hydrogen-bond donors (Lipinski definition) is 3. The molecule has 0 amide bonds. The lowest BCUT2D eigenvalue weighted by Gasteiger charge is -2.29. The summed E-state index contributed by atoms with van der Waals surface area (Å²) >= 11 is 0. The molecule has 0 saturated heterocycles. The van der Waals surface area contributed by atoms with Crippen molar-refractivity contribution < 1.29 is 34.1 Å². The Labute approximate surface area is 174 Å². The molecule has 0 radical (unpaired) electrons. The third-order valence-corrected chi connectivity index (χ3v) is 5.68. The van der Waals surface area contributed by atoms with Gasteiger partial charge in [-0.05, 0) is 34.1 Å². The minimum atomic E-state index is -1.50. The number of methoxy groups -OCH3 is 1. The van der Waals surface area contributed by atoms with Gasteiger partial charge in [0, 0.05) is 37.6 Å². The molecule has 1 aromatic carbocycles. The van der Waals surface area contributed by atoms with Crippen molar-refractivity contribution in [1.82, 2.24) is 5.32 Å². The van der Waals surface area contributed by atoms with Gasteiger partial charge in [-0.15, -0.1) is 0 Å². The highest BCUT2D eigenvalue weighted by atomic mass is 16.5. The number of fused-ring (bicyclic) bond motifs is 3. The number of benzene rings is 1. The molecule has 1 heterocycles. The Hall–Kier alpha value is -3.13. The van der Waals surface area contributed by atoms with Gasteiger partial charge < -0.3 is 25.0 Å². The number of ether oxygens (including phenoxy) is 2. The molecule has 0 fully saturated rings. The molecule has 2 aliphatic rings. The van der Waals surface area contributed by atoms with Crippen molar-refractivity contribution >= 4 is 17.3 Å². The molecule has 160 valence electrons. The van der Waals surface area contributed by atoms with Crippen molar-refractivity contribution in [2.45, 2.75) is 39.5 Å². The molecule has 30 heavy (non-hydrogen) atoms. The Balaban J connectivity index is 2.18. The number of carbonyl (C=O) groups excluding carboxylic acids is 3. The summed E-state index contributed by atoms with van der Waals surface area (Å²) in [5, 5.41) is 24.2. The molecule has 1 unspecified atom stereocenters. The van der Waals surface area contributed by atoms with Gasteiger partial charge in [0.2, 0.25) is 0 Å². The van der Waals surface area contributed by atoms with E-state index >= 15 is 0 Å². The van der Waals surface area contributed by atoms with Gasteiger partial charge in [-0.3, -0.25) is 14.4 Å². The molecule has 0 bridgehead atoms. The molecule has 1 aliphatic carbocycles. The molecule has 1 aliphatic heterocycles. The average Bonchev–Trinajstić information content (AvgIpc) is 2.96. The number of Topliss-reactive ketones (excluding diaryl/α,β-unsaturated/α-hetero) is 2. The van der Waals surface area contributed by atoms with Gasteiger partial charge in [-0.2, -0.15) is 0 Å². The van der Waals surface area contributed by atoms with Crippen LogP contribution in [0.2, 0.25) is 0 Å². The number of carbonyl (C=O) groups is 3. The summed E-state index contributed by atoms with van der Waals surface area (Å²) in [5.74, 6) is -2.38. The van der Waals surface area contributed by atoms with Crippen LogP contribution in [-0.2, 0) is 19.7 Å². The van der Waals surface area contributed by atoms with Gasteiger partial charge in [0.15, 0.2) is 17.3 Å². The van der Waals surface area contributed by atoms with Crippen molar-refractivity contribution in [2.75, 3.05) is 20.3 Å². The van der Waals surface area contributed by atoms with E-state index in [1.54, 1.807) is 14.0 Å². The van der Waals surface area contributed by atoms with Gasteiger partial charge in [0.1, 0.15) is 34.0 Å². The smallest absolute Gasteiger partial charge is 0.194 e. The first kappa shape index (κ1) is 21.6. The van der Waals surface area contributed by atoms with Crippen molar-refractivity contribution in [2.24, 2.45) is 0 Å². The molecule has 1 aromatic rings. The summed E-state index contributed by atoms with van der Waals surface area (Å²) < 4.78 is 10.7. The average molecular weight is 415 g/mol. The van der Waals surface area contributed by atoms with Gasteiger partial charge in [-0.25, -0.2) is 0 Å². The number of phenols is 2. The van der Waals surface area contributed by atoms with E-state index in [2.05, 4.69) is 5.32 Å². The van der Waals surface area contributed by atoms with E-state index in [1.807, 2.05) is 0 Å². The first-order valence-corrected chi connectivity index (χ1v) is 9.60. The van der Waals surface area contributed by atoms with Crippen LogP contribution in [0, 0.1) is 6.92 Å². The second kappa shape index (κ2) is 7.60. The molecule has 3 N–H and O–H groups in total. The molecule has 8 heteroatoms. The SMILES string of the molecule is COCCCNC(C)=C1C(=O)C=C2Oc3c(C(C)=O)c(O)c(C)c(O)c3C2(C)C1=O. The van der Waals surface area contributed by atoms with Crippen LogP contribution in [0.1, 0.15) is 48.7 Å². The van der Waals surface area contributed by atoms with Crippen LogP contribution in [0.5, 0.6) is 17.2 Å². The minimum absolute atomic E-state index is 0.0197. The van der Waals surface area contributed by atoms with Gasteiger partial charge in [0.05, 0.1) is 11.1 Å². The normalized spacial score (nSPS) is 21.6. The quantitative estimate of drug-likeness (QED) is 0.280. The predicted octanol–water partition coefficient (Wildman–Crippen LogP) is 2.19. The van der Waals surface area contributed by atoms with Crippen LogP contribution in [0.25, 0.3) is 0 Å². The monoisotopic (exact) mass is 415 g/mol. The molecular formula is C22H25NO7.